The van der Waals surface area contributed by atoms with Gasteiger partial charge in [-0.3, -0.25) is 9.67 Å². The second-order valence-corrected chi connectivity index (χ2v) is 6.75. The van der Waals surface area contributed by atoms with E-state index in [2.05, 4.69) is 10.1 Å². The van der Waals surface area contributed by atoms with Gasteiger partial charge in [0.05, 0.1) is 11.4 Å². The molecule has 3 aromatic rings. The zero-order valence-corrected chi connectivity index (χ0v) is 14.8. The Morgan fingerprint density at radius 2 is 2.00 bits per heavy atom. The fourth-order valence-corrected chi connectivity index (χ4v) is 3.52. The molecule has 0 aliphatic carbocycles. The van der Waals surface area contributed by atoms with E-state index < -0.39 is 6.09 Å². The highest BCUT2D eigenvalue weighted by atomic mass is 19.1. The summed E-state index contributed by atoms with van der Waals surface area (Å²) < 4.78 is 15.0. The highest BCUT2D eigenvalue weighted by molar-refractivity contribution is 5.73. The van der Waals surface area contributed by atoms with Crippen molar-refractivity contribution in [3.8, 4) is 22.4 Å². The molecule has 2 aromatic heterocycles. The Balaban J connectivity index is 1.77. The zero-order chi connectivity index (χ0) is 19.0. The molecule has 1 aliphatic heterocycles. The Bertz CT molecular complexity index is 984. The van der Waals surface area contributed by atoms with Crippen molar-refractivity contribution < 1.29 is 14.3 Å². The summed E-state index contributed by atoms with van der Waals surface area (Å²) in [5.74, 6) is -0.256. The molecule has 4 rings (SSSR count). The number of aromatic nitrogens is 3. The number of carboxylic acid groups (broad SMARTS) is 1. The SMILES string of the molecule is Cn1ccc(-c2cc(-c3ccc(F)cc3)cnc2C2CCN(C(=O)O)C2)n1. The van der Waals surface area contributed by atoms with E-state index in [4.69, 9.17) is 0 Å². The van der Waals surface area contributed by atoms with Crippen molar-refractivity contribution in [2.45, 2.75) is 12.3 Å². The van der Waals surface area contributed by atoms with Crippen LogP contribution >= 0.6 is 0 Å². The quantitative estimate of drug-likeness (QED) is 0.766. The molecule has 27 heavy (non-hydrogen) atoms. The van der Waals surface area contributed by atoms with E-state index in [9.17, 15) is 14.3 Å². The second-order valence-electron chi connectivity index (χ2n) is 6.75. The van der Waals surface area contributed by atoms with Gasteiger partial charge in [-0.05, 0) is 36.2 Å². The summed E-state index contributed by atoms with van der Waals surface area (Å²) in [6.07, 6.45) is 3.45. The smallest absolute Gasteiger partial charge is 0.407 e. The molecule has 0 radical (unpaired) electrons. The minimum Gasteiger partial charge on any atom is -0.465 e. The lowest BCUT2D eigenvalue weighted by Crippen LogP contribution is -2.26. The van der Waals surface area contributed by atoms with Gasteiger partial charge in [0, 0.05) is 49.6 Å². The van der Waals surface area contributed by atoms with Crippen LogP contribution in [-0.2, 0) is 7.05 Å². The maximum absolute atomic E-state index is 13.2. The van der Waals surface area contributed by atoms with Gasteiger partial charge in [0.2, 0.25) is 0 Å². The minimum absolute atomic E-state index is 0.0281. The molecule has 1 N–H and O–H groups in total. The van der Waals surface area contributed by atoms with E-state index in [1.54, 1.807) is 23.0 Å². The Morgan fingerprint density at radius 3 is 2.63 bits per heavy atom. The first kappa shape index (κ1) is 17.2. The molecule has 1 aliphatic rings. The van der Waals surface area contributed by atoms with E-state index in [0.29, 0.717) is 13.1 Å². The van der Waals surface area contributed by atoms with Crippen molar-refractivity contribution >= 4 is 6.09 Å². The third-order valence-electron chi connectivity index (χ3n) is 4.93. The molecule has 3 heterocycles. The third-order valence-corrected chi connectivity index (χ3v) is 4.93. The van der Waals surface area contributed by atoms with E-state index in [0.717, 1.165) is 34.5 Å². The number of hydrogen-bond acceptors (Lipinski definition) is 3. The summed E-state index contributed by atoms with van der Waals surface area (Å²) in [7, 11) is 1.85. The molecule has 1 fully saturated rings. The van der Waals surface area contributed by atoms with Crippen LogP contribution in [0.4, 0.5) is 9.18 Å². The first-order chi connectivity index (χ1) is 13.0. The summed E-state index contributed by atoms with van der Waals surface area (Å²) in [6, 6.07) is 10.2. The van der Waals surface area contributed by atoms with Gasteiger partial charge < -0.3 is 10.0 Å². The normalized spacial score (nSPS) is 16.7. The fraction of sp³-hybridized carbons (Fsp3) is 0.250. The fourth-order valence-electron chi connectivity index (χ4n) is 3.52. The van der Waals surface area contributed by atoms with Crippen LogP contribution in [-0.4, -0.2) is 44.0 Å². The van der Waals surface area contributed by atoms with Gasteiger partial charge in [0.15, 0.2) is 0 Å². The Labute approximate surface area is 155 Å². The van der Waals surface area contributed by atoms with Gasteiger partial charge in [-0.15, -0.1) is 0 Å². The molecule has 7 heteroatoms. The van der Waals surface area contributed by atoms with Gasteiger partial charge in [0.1, 0.15) is 5.82 Å². The van der Waals surface area contributed by atoms with Crippen molar-refractivity contribution in [2.24, 2.45) is 7.05 Å². The first-order valence-corrected chi connectivity index (χ1v) is 8.75. The average Bonchev–Trinajstić information content (AvgIpc) is 3.31. The Morgan fingerprint density at radius 1 is 1.22 bits per heavy atom. The van der Waals surface area contributed by atoms with Crippen LogP contribution in [0, 0.1) is 5.82 Å². The molecule has 1 aromatic carbocycles. The van der Waals surface area contributed by atoms with E-state index >= 15 is 0 Å². The summed E-state index contributed by atoms with van der Waals surface area (Å²) >= 11 is 0. The van der Waals surface area contributed by atoms with Gasteiger partial charge in [0.25, 0.3) is 0 Å². The maximum atomic E-state index is 13.2. The number of aryl methyl sites for hydroxylation is 1. The maximum Gasteiger partial charge on any atom is 0.407 e. The molecular formula is C20H19FN4O2. The lowest BCUT2D eigenvalue weighted by atomic mass is 9.95. The highest BCUT2D eigenvalue weighted by Gasteiger charge is 2.30. The van der Waals surface area contributed by atoms with Gasteiger partial charge in [-0.1, -0.05) is 12.1 Å². The Hall–Kier alpha value is -3.22. The molecule has 138 valence electrons. The number of benzene rings is 1. The number of carbonyl (C=O) groups is 1. The van der Waals surface area contributed by atoms with Gasteiger partial charge >= 0.3 is 6.09 Å². The van der Waals surface area contributed by atoms with Crippen LogP contribution in [0.1, 0.15) is 18.0 Å². The van der Waals surface area contributed by atoms with Crippen LogP contribution < -0.4 is 0 Å². The van der Waals surface area contributed by atoms with E-state index in [1.807, 2.05) is 25.4 Å². The van der Waals surface area contributed by atoms with Crippen LogP contribution in [0.25, 0.3) is 22.4 Å². The highest BCUT2D eigenvalue weighted by Crippen LogP contribution is 2.35. The second kappa shape index (κ2) is 6.83. The van der Waals surface area contributed by atoms with Crippen molar-refractivity contribution in [1.82, 2.24) is 19.7 Å². The standard InChI is InChI=1S/C20H19FN4O2/c1-24-8-7-18(23-24)17-10-15(13-2-4-16(21)5-3-13)11-22-19(17)14-6-9-25(12-14)20(26)27/h2-5,7-8,10-11,14H,6,9,12H2,1H3,(H,26,27). The Kier molecular flexibility index (Phi) is 4.35. The van der Waals surface area contributed by atoms with Crippen LogP contribution in [0.15, 0.2) is 48.8 Å². The topological polar surface area (TPSA) is 71.2 Å². The van der Waals surface area contributed by atoms with Gasteiger partial charge in [-0.25, -0.2) is 9.18 Å². The number of halogens is 1. The van der Waals surface area contributed by atoms with Crippen molar-refractivity contribution in [3.63, 3.8) is 0 Å². The third kappa shape index (κ3) is 3.40. The largest absolute Gasteiger partial charge is 0.465 e. The molecule has 1 unspecified atom stereocenters. The molecule has 0 bridgehead atoms. The molecule has 0 saturated carbocycles. The van der Waals surface area contributed by atoms with Crippen molar-refractivity contribution in [2.75, 3.05) is 13.1 Å². The number of hydrogen-bond donors (Lipinski definition) is 1. The summed E-state index contributed by atoms with van der Waals surface area (Å²) in [4.78, 5) is 17.4. The molecular weight excluding hydrogens is 347 g/mol. The molecule has 1 atom stereocenters. The lowest BCUT2D eigenvalue weighted by molar-refractivity contribution is 0.155. The predicted molar refractivity (Wildman–Crippen MR) is 98.8 cm³/mol. The zero-order valence-electron chi connectivity index (χ0n) is 14.8. The van der Waals surface area contributed by atoms with E-state index in [1.165, 1.54) is 17.0 Å². The monoisotopic (exact) mass is 366 g/mol. The van der Waals surface area contributed by atoms with Crippen molar-refractivity contribution in [3.05, 3.63) is 60.3 Å². The minimum atomic E-state index is -0.903. The van der Waals surface area contributed by atoms with Gasteiger partial charge in [-0.2, -0.15) is 5.10 Å². The first-order valence-electron chi connectivity index (χ1n) is 8.75. The summed E-state index contributed by atoms with van der Waals surface area (Å²) in [6.45, 7) is 0.932. The number of nitrogens with zero attached hydrogens (tertiary/aromatic N) is 4. The predicted octanol–water partition coefficient (Wildman–Crippen LogP) is 3.76. The summed E-state index contributed by atoms with van der Waals surface area (Å²) in [5, 5.41) is 13.7. The van der Waals surface area contributed by atoms with E-state index in [-0.39, 0.29) is 11.7 Å². The van der Waals surface area contributed by atoms with Crippen molar-refractivity contribution in [1.29, 1.82) is 0 Å². The number of rotatable bonds is 3. The number of likely N-dealkylation sites (tertiary alicyclic amines) is 1. The lowest BCUT2D eigenvalue weighted by Gasteiger charge is -2.16. The number of amides is 1. The summed E-state index contributed by atoms with van der Waals surface area (Å²) in [5.41, 5.74) is 4.26. The van der Waals surface area contributed by atoms with Crippen LogP contribution in [0.3, 0.4) is 0 Å². The molecule has 6 nitrogen and oxygen atoms in total. The van der Waals surface area contributed by atoms with Crippen LogP contribution in [0.5, 0.6) is 0 Å². The average molecular weight is 366 g/mol. The molecule has 1 amide bonds. The number of pyridine rings is 1. The molecule has 0 spiro atoms. The molecule has 1 saturated heterocycles. The van der Waals surface area contributed by atoms with Crippen LogP contribution in [0.2, 0.25) is 0 Å².